The molecular weight excluding hydrogens is 264 g/mol. The summed E-state index contributed by atoms with van der Waals surface area (Å²) in [6.45, 7) is 0.757. The molecule has 1 aliphatic carbocycles. The minimum absolute atomic E-state index is 0.0275. The summed E-state index contributed by atoms with van der Waals surface area (Å²) in [5.41, 5.74) is 1.74. The van der Waals surface area contributed by atoms with Gasteiger partial charge in [-0.25, -0.2) is 0 Å². The van der Waals surface area contributed by atoms with Crippen LogP contribution in [0.4, 0.5) is 0 Å². The van der Waals surface area contributed by atoms with Gasteiger partial charge < -0.3 is 15.0 Å². The van der Waals surface area contributed by atoms with Crippen molar-refractivity contribution in [2.45, 2.75) is 44.7 Å². The van der Waals surface area contributed by atoms with Crippen LogP contribution in [0.2, 0.25) is 0 Å². The number of quaternary nitrogens is 1. The van der Waals surface area contributed by atoms with Crippen LogP contribution in [0.15, 0.2) is 29.1 Å². The van der Waals surface area contributed by atoms with E-state index in [-0.39, 0.29) is 5.56 Å². The van der Waals surface area contributed by atoms with Crippen molar-refractivity contribution in [3.05, 3.63) is 40.2 Å². The number of hydrogen-bond acceptors (Lipinski definition) is 2. The number of nitrogens with one attached hydrogen (secondary N) is 1. The van der Waals surface area contributed by atoms with Crippen LogP contribution in [0, 0.1) is 0 Å². The monoisotopic (exact) mass is 287 g/mol. The highest BCUT2D eigenvalue weighted by Crippen LogP contribution is 2.19. The smallest absolute Gasteiger partial charge is 0.257 e. The molecule has 1 aromatic heterocycles. The van der Waals surface area contributed by atoms with Crippen molar-refractivity contribution < 1.29 is 10.1 Å². The number of nitrogens with two attached hydrogens (primary N) is 1. The summed E-state index contributed by atoms with van der Waals surface area (Å²) < 4.78 is 5.25. The first-order valence-electron chi connectivity index (χ1n) is 7.79. The maximum atomic E-state index is 12.2. The van der Waals surface area contributed by atoms with Crippen LogP contribution < -0.4 is 15.6 Å². The predicted molar refractivity (Wildman–Crippen MR) is 83.6 cm³/mol. The molecule has 21 heavy (non-hydrogen) atoms. The van der Waals surface area contributed by atoms with Crippen LogP contribution in [-0.2, 0) is 6.54 Å². The topological polar surface area (TPSA) is 58.7 Å². The molecule has 0 amide bonds. The largest absolute Gasteiger partial charge is 0.497 e. The van der Waals surface area contributed by atoms with Gasteiger partial charge in [0.25, 0.3) is 5.56 Å². The summed E-state index contributed by atoms with van der Waals surface area (Å²) in [6.07, 6.45) is 6.57. The first kappa shape index (κ1) is 14.1. The second-order valence-electron chi connectivity index (χ2n) is 5.91. The zero-order chi connectivity index (χ0) is 14.7. The fourth-order valence-corrected chi connectivity index (χ4v) is 3.17. The Bertz CT molecular complexity index is 672. The van der Waals surface area contributed by atoms with Crippen LogP contribution in [0.25, 0.3) is 10.9 Å². The Morgan fingerprint density at radius 3 is 2.81 bits per heavy atom. The molecule has 0 aliphatic heterocycles. The number of H-pyrrole nitrogens is 1. The molecule has 4 nitrogen and oxygen atoms in total. The highest BCUT2D eigenvalue weighted by Gasteiger charge is 2.16. The van der Waals surface area contributed by atoms with Gasteiger partial charge in [0.15, 0.2) is 0 Å². The Labute approximate surface area is 124 Å². The maximum absolute atomic E-state index is 12.2. The van der Waals surface area contributed by atoms with Crippen molar-refractivity contribution in [3.8, 4) is 5.75 Å². The second kappa shape index (κ2) is 6.31. The third-order valence-corrected chi connectivity index (χ3v) is 4.45. The van der Waals surface area contributed by atoms with E-state index in [1.54, 1.807) is 7.11 Å². The van der Waals surface area contributed by atoms with Gasteiger partial charge in [0.2, 0.25) is 0 Å². The summed E-state index contributed by atoms with van der Waals surface area (Å²) in [5, 5.41) is 3.36. The van der Waals surface area contributed by atoms with Gasteiger partial charge in [-0.2, -0.15) is 0 Å². The lowest BCUT2D eigenvalue weighted by Crippen LogP contribution is -2.89. The van der Waals surface area contributed by atoms with Gasteiger partial charge in [0.1, 0.15) is 12.3 Å². The summed E-state index contributed by atoms with van der Waals surface area (Å²) in [6, 6.07) is 8.40. The first-order valence-corrected chi connectivity index (χ1v) is 7.79. The van der Waals surface area contributed by atoms with Crippen LogP contribution in [0.3, 0.4) is 0 Å². The third kappa shape index (κ3) is 3.27. The average molecular weight is 287 g/mol. The molecule has 0 radical (unpaired) electrons. The molecule has 1 heterocycles. The number of rotatable bonds is 4. The Morgan fingerprint density at radius 2 is 2.05 bits per heavy atom. The van der Waals surface area contributed by atoms with Crippen LogP contribution in [-0.4, -0.2) is 18.1 Å². The quantitative estimate of drug-likeness (QED) is 0.903. The van der Waals surface area contributed by atoms with E-state index < -0.39 is 0 Å². The molecule has 3 N–H and O–H groups in total. The lowest BCUT2D eigenvalue weighted by molar-refractivity contribution is -0.706. The Kier molecular flexibility index (Phi) is 4.25. The fourth-order valence-electron chi connectivity index (χ4n) is 3.17. The van der Waals surface area contributed by atoms with Crippen molar-refractivity contribution in [3.63, 3.8) is 0 Å². The second-order valence-corrected chi connectivity index (χ2v) is 5.91. The summed E-state index contributed by atoms with van der Waals surface area (Å²) in [5.74, 6) is 0.816. The van der Waals surface area contributed by atoms with Gasteiger partial charge in [-0.3, -0.25) is 4.79 Å². The molecule has 0 atom stereocenters. The standard InChI is InChI=1S/C17H22N2O2/c1-21-15-7-8-16-12(10-15)9-13(17(20)19-16)11-18-14-5-3-2-4-6-14/h7-10,14,18H,2-6,11H2,1H3,(H,19,20)/p+1. The summed E-state index contributed by atoms with van der Waals surface area (Å²) >= 11 is 0. The Morgan fingerprint density at radius 1 is 1.24 bits per heavy atom. The van der Waals surface area contributed by atoms with Gasteiger partial charge in [0.05, 0.1) is 18.7 Å². The number of ether oxygens (including phenoxy) is 1. The molecule has 0 spiro atoms. The van der Waals surface area contributed by atoms with E-state index in [1.807, 2.05) is 24.3 Å². The normalized spacial score (nSPS) is 16.2. The van der Waals surface area contributed by atoms with Gasteiger partial charge in [-0.05, 0) is 49.9 Å². The van der Waals surface area contributed by atoms with E-state index in [2.05, 4.69) is 10.3 Å². The summed E-state index contributed by atoms with van der Waals surface area (Å²) in [4.78, 5) is 15.1. The van der Waals surface area contributed by atoms with Gasteiger partial charge >= 0.3 is 0 Å². The molecular formula is C17H23N2O2+. The lowest BCUT2D eigenvalue weighted by atomic mass is 9.95. The number of benzene rings is 1. The van der Waals surface area contributed by atoms with Crippen LogP contribution in [0.1, 0.15) is 37.7 Å². The predicted octanol–water partition coefficient (Wildman–Crippen LogP) is 1.93. The third-order valence-electron chi connectivity index (χ3n) is 4.45. The van der Waals surface area contributed by atoms with Crippen LogP contribution >= 0.6 is 0 Å². The van der Waals surface area contributed by atoms with Crippen molar-refractivity contribution in [1.82, 2.24) is 4.98 Å². The highest BCUT2D eigenvalue weighted by molar-refractivity contribution is 5.80. The van der Waals surface area contributed by atoms with E-state index in [4.69, 9.17) is 4.74 Å². The minimum Gasteiger partial charge on any atom is -0.497 e. The molecule has 3 rings (SSSR count). The molecule has 1 aliphatic rings. The fraction of sp³-hybridized carbons (Fsp3) is 0.471. The van der Waals surface area contributed by atoms with Crippen molar-refractivity contribution in [2.75, 3.05) is 7.11 Å². The number of fused-ring (bicyclic) bond motifs is 1. The summed E-state index contributed by atoms with van der Waals surface area (Å²) in [7, 11) is 1.66. The molecule has 1 fully saturated rings. The van der Waals surface area contributed by atoms with E-state index in [9.17, 15) is 4.79 Å². The number of aromatic amines is 1. The molecule has 1 aromatic carbocycles. The minimum atomic E-state index is 0.0275. The van der Waals surface area contributed by atoms with E-state index >= 15 is 0 Å². The first-order chi connectivity index (χ1) is 10.3. The molecule has 112 valence electrons. The number of hydrogen-bond donors (Lipinski definition) is 2. The van der Waals surface area contributed by atoms with Crippen molar-refractivity contribution >= 4 is 10.9 Å². The van der Waals surface area contributed by atoms with Gasteiger partial charge in [0, 0.05) is 10.9 Å². The molecule has 0 unspecified atom stereocenters. The van der Waals surface area contributed by atoms with E-state index in [0.29, 0.717) is 6.04 Å². The molecule has 0 saturated heterocycles. The zero-order valence-corrected chi connectivity index (χ0v) is 12.5. The molecule has 4 heteroatoms. The number of methoxy groups -OCH3 is 1. The highest BCUT2D eigenvalue weighted by atomic mass is 16.5. The van der Waals surface area contributed by atoms with Gasteiger partial charge in [-0.15, -0.1) is 0 Å². The van der Waals surface area contributed by atoms with Gasteiger partial charge in [-0.1, -0.05) is 6.42 Å². The molecule has 1 saturated carbocycles. The SMILES string of the molecule is COc1ccc2[nH]c(=O)c(C[NH2+]C3CCCCC3)cc2c1. The average Bonchev–Trinajstić information content (AvgIpc) is 2.53. The van der Waals surface area contributed by atoms with Crippen LogP contribution in [0.5, 0.6) is 5.75 Å². The number of aromatic nitrogens is 1. The maximum Gasteiger partial charge on any atom is 0.257 e. The zero-order valence-electron chi connectivity index (χ0n) is 12.5. The van der Waals surface area contributed by atoms with Crippen molar-refractivity contribution in [2.24, 2.45) is 0 Å². The Balaban J connectivity index is 1.80. The van der Waals surface area contributed by atoms with E-state index in [0.717, 1.165) is 28.8 Å². The molecule has 0 bridgehead atoms. The molecule has 2 aromatic rings. The lowest BCUT2D eigenvalue weighted by Gasteiger charge is -2.19. The Hall–Kier alpha value is -1.81. The van der Waals surface area contributed by atoms with Crippen molar-refractivity contribution in [1.29, 1.82) is 0 Å². The van der Waals surface area contributed by atoms with E-state index in [1.165, 1.54) is 32.1 Å². The number of pyridine rings is 1.